The molecule has 0 N–H and O–H groups in total. The first-order chi connectivity index (χ1) is 21.0. The van der Waals surface area contributed by atoms with E-state index < -0.39 is 17.3 Å². The molecular weight excluding hydrogens is 567 g/mol. The summed E-state index contributed by atoms with van der Waals surface area (Å²) < 4.78 is 27.6. The lowest BCUT2D eigenvalue weighted by Gasteiger charge is -2.27. The SMILES string of the molecule is Cc1ccc(S(=O)(=O)[N-]c2ccncc2)cc1.c1ccc(C[P+](c2ccccc2)(c2ccccc2)c2ccccc2)cc1. The van der Waals surface area contributed by atoms with E-state index in [9.17, 15) is 8.42 Å². The van der Waals surface area contributed by atoms with Crippen molar-refractivity contribution in [2.75, 3.05) is 0 Å². The maximum absolute atomic E-state index is 11.9. The molecule has 0 saturated heterocycles. The standard InChI is InChI=1S/C25H22P.C12H11N2O2S/c1-5-13-22(14-6-1)21-26(23-15-7-2-8-16-23,24-17-9-3-10-18-24)25-19-11-4-12-20-25;1-10-2-4-12(5-3-10)17(15,16)14-11-6-8-13-9-7-11/h1-20H,21H2;2-9H,1H3/q+1;-1. The summed E-state index contributed by atoms with van der Waals surface area (Å²) in [6.45, 7) is 1.90. The van der Waals surface area contributed by atoms with E-state index in [0.29, 0.717) is 5.69 Å². The molecule has 43 heavy (non-hydrogen) atoms. The van der Waals surface area contributed by atoms with Gasteiger partial charge in [-0.3, -0.25) is 4.98 Å². The molecule has 4 nitrogen and oxygen atoms in total. The summed E-state index contributed by atoms with van der Waals surface area (Å²) in [5.74, 6) is 0. The summed E-state index contributed by atoms with van der Waals surface area (Å²) in [4.78, 5) is 4.00. The number of rotatable bonds is 8. The van der Waals surface area contributed by atoms with Crippen LogP contribution in [0.15, 0.2) is 175 Å². The summed E-state index contributed by atoms with van der Waals surface area (Å²) in [5, 5.41) is 4.30. The zero-order chi connectivity index (χ0) is 30.0. The van der Waals surface area contributed by atoms with Gasteiger partial charge in [-0.15, -0.1) is 5.69 Å². The molecule has 0 aliphatic rings. The number of hydrogen-bond donors (Lipinski definition) is 0. The molecule has 1 aromatic heterocycles. The summed E-state index contributed by atoms with van der Waals surface area (Å²) in [6, 6.07) is 53.7. The number of aryl methyl sites for hydroxylation is 1. The second-order valence-electron chi connectivity index (χ2n) is 10.0. The molecule has 0 aliphatic heterocycles. The summed E-state index contributed by atoms with van der Waals surface area (Å²) in [7, 11) is -5.41. The van der Waals surface area contributed by atoms with Crippen molar-refractivity contribution < 1.29 is 8.42 Å². The third-order valence-corrected chi connectivity index (χ3v) is 12.8. The topological polar surface area (TPSA) is 61.1 Å². The Hall–Kier alpha value is -4.57. The van der Waals surface area contributed by atoms with E-state index in [1.165, 1.54) is 33.9 Å². The van der Waals surface area contributed by atoms with E-state index in [0.717, 1.165) is 11.7 Å². The summed E-state index contributed by atoms with van der Waals surface area (Å²) in [6.07, 6.45) is 4.04. The number of pyridine rings is 1. The van der Waals surface area contributed by atoms with Gasteiger partial charge in [-0.25, -0.2) is 8.42 Å². The highest BCUT2D eigenvalue weighted by molar-refractivity contribution is 7.95. The van der Waals surface area contributed by atoms with E-state index >= 15 is 0 Å². The molecule has 0 aliphatic carbocycles. The highest BCUT2D eigenvalue weighted by Gasteiger charge is 2.45. The molecule has 0 saturated carbocycles. The van der Waals surface area contributed by atoms with Gasteiger partial charge in [0.1, 0.15) is 33.2 Å². The quantitative estimate of drug-likeness (QED) is 0.167. The first-order valence-corrected chi connectivity index (χ1v) is 17.4. The van der Waals surface area contributed by atoms with Crippen LogP contribution in [-0.4, -0.2) is 13.4 Å². The smallest absolute Gasteiger partial charge is 0.123 e. The number of sulfonamides is 1. The summed E-state index contributed by atoms with van der Waals surface area (Å²) in [5.41, 5.74) is 2.77. The minimum absolute atomic E-state index is 0.194. The van der Waals surface area contributed by atoms with Crippen LogP contribution in [0.5, 0.6) is 0 Å². The number of benzene rings is 5. The molecule has 5 aromatic carbocycles. The molecule has 0 bridgehead atoms. The Morgan fingerprint density at radius 1 is 0.558 bits per heavy atom. The van der Waals surface area contributed by atoms with E-state index in [1.54, 1.807) is 36.4 Å². The average Bonchev–Trinajstić information content (AvgIpc) is 3.06. The first kappa shape index (κ1) is 29.9. The molecule has 0 atom stereocenters. The van der Waals surface area contributed by atoms with Crippen LogP contribution in [0.3, 0.4) is 0 Å². The molecule has 6 aromatic rings. The van der Waals surface area contributed by atoms with Crippen molar-refractivity contribution >= 4 is 38.9 Å². The minimum atomic E-state index is -3.63. The van der Waals surface area contributed by atoms with Gasteiger partial charge in [0.25, 0.3) is 0 Å². The molecule has 0 amide bonds. The van der Waals surface area contributed by atoms with Gasteiger partial charge in [-0.05, 0) is 61.0 Å². The third-order valence-electron chi connectivity index (χ3n) is 7.06. The lowest BCUT2D eigenvalue weighted by atomic mass is 10.2. The van der Waals surface area contributed by atoms with Gasteiger partial charge < -0.3 is 4.72 Å². The molecule has 214 valence electrons. The minimum Gasteiger partial charge on any atom is -0.573 e. The molecule has 1 heterocycles. The van der Waals surface area contributed by atoms with Crippen LogP contribution in [0, 0.1) is 6.92 Å². The van der Waals surface area contributed by atoms with Gasteiger partial charge in [-0.2, -0.15) is 0 Å². The zero-order valence-corrected chi connectivity index (χ0v) is 25.7. The van der Waals surface area contributed by atoms with Gasteiger partial charge in [0, 0.05) is 12.4 Å². The number of aromatic nitrogens is 1. The van der Waals surface area contributed by atoms with Crippen molar-refractivity contribution in [1.29, 1.82) is 0 Å². The van der Waals surface area contributed by atoms with Crippen LogP contribution in [0.2, 0.25) is 0 Å². The summed E-state index contributed by atoms with van der Waals surface area (Å²) >= 11 is 0. The van der Waals surface area contributed by atoms with Gasteiger partial charge >= 0.3 is 0 Å². The Bertz CT molecular complexity index is 1710. The molecular formula is C37H33N2O2PS. The van der Waals surface area contributed by atoms with E-state index in [4.69, 9.17) is 0 Å². The van der Waals surface area contributed by atoms with Gasteiger partial charge in [0.15, 0.2) is 0 Å². The Kier molecular flexibility index (Phi) is 9.78. The normalized spacial score (nSPS) is 11.2. The Morgan fingerprint density at radius 3 is 1.42 bits per heavy atom. The zero-order valence-electron chi connectivity index (χ0n) is 23.9. The Morgan fingerprint density at radius 2 is 0.977 bits per heavy atom. The number of nitrogens with zero attached hydrogens (tertiary/aromatic N) is 2. The van der Waals surface area contributed by atoms with Crippen LogP contribution >= 0.6 is 7.26 Å². The van der Waals surface area contributed by atoms with E-state index in [-0.39, 0.29) is 4.90 Å². The average molecular weight is 601 g/mol. The molecule has 0 fully saturated rings. The number of hydrogen-bond acceptors (Lipinski definition) is 3. The van der Waals surface area contributed by atoms with Crippen LogP contribution in [0.25, 0.3) is 4.72 Å². The highest BCUT2D eigenvalue weighted by Crippen LogP contribution is 2.58. The Labute approximate surface area is 255 Å². The monoisotopic (exact) mass is 600 g/mol. The van der Waals surface area contributed by atoms with Crippen molar-refractivity contribution in [3.05, 3.63) is 186 Å². The van der Waals surface area contributed by atoms with Crippen LogP contribution in [-0.2, 0) is 16.2 Å². The van der Waals surface area contributed by atoms with Crippen LogP contribution < -0.4 is 15.9 Å². The predicted molar refractivity (Wildman–Crippen MR) is 181 cm³/mol. The van der Waals surface area contributed by atoms with Crippen LogP contribution in [0.1, 0.15) is 11.1 Å². The highest BCUT2D eigenvalue weighted by atomic mass is 32.2. The van der Waals surface area contributed by atoms with Crippen LogP contribution in [0.4, 0.5) is 5.69 Å². The second-order valence-corrected chi connectivity index (χ2v) is 15.1. The molecule has 0 unspecified atom stereocenters. The Balaban J connectivity index is 0.000000188. The van der Waals surface area contributed by atoms with Gasteiger partial charge in [-0.1, -0.05) is 115 Å². The maximum atomic E-state index is 11.9. The van der Waals surface area contributed by atoms with E-state index in [2.05, 4.69) is 131 Å². The molecule has 0 spiro atoms. The fraction of sp³-hybridized carbons (Fsp3) is 0.0541. The lowest BCUT2D eigenvalue weighted by Crippen LogP contribution is -2.32. The first-order valence-electron chi connectivity index (χ1n) is 14.0. The van der Waals surface area contributed by atoms with Crippen molar-refractivity contribution in [3.63, 3.8) is 0 Å². The molecule has 6 rings (SSSR count). The fourth-order valence-electron chi connectivity index (χ4n) is 4.93. The van der Waals surface area contributed by atoms with Gasteiger partial charge in [0.05, 0.1) is 11.1 Å². The van der Waals surface area contributed by atoms with Crippen molar-refractivity contribution in [1.82, 2.24) is 4.98 Å². The maximum Gasteiger partial charge on any atom is 0.123 e. The van der Waals surface area contributed by atoms with Crippen molar-refractivity contribution in [3.8, 4) is 0 Å². The predicted octanol–water partition coefficient (Wildman–Crippen LogP) is 7.96. The lowest BCUT2D eigenvalue weighted by molar-refractivity contribution is 0.603. The van der Waals surface area contributed by atoms with E-state index in [1.807, 2.05) is 6.92 Å². The van der Waals surface area contributed by atoms with Gasteiger partial charge in [0.2, 0.25) is 0 Å². The van der Waals surface area contributed by atoms with Crippen molar-refractivity contribution in [2.24, 2.45) is 0 Å². The fourth-order valence-corrected chi connectivity index (χ4v) is 10.2. The largest absolute Gasteiger partial charge is 0.573 e. The van der Waals surface area contributed by atoms with Crippen molar-refractivity contribution in [2.45, 2.75) is 18.0 Å². The molecule has 0 radical (unpaired) electrons. The second kappa shape index (κ2) is 14.1. The third kappa shape index (κ3) is 7.45. The molecule has 6 heteroatoms.